The summed E-state index contributed by atoms with van der Waals surface area (Å²) in [6.45, 7) is 3.94. The lowest BCUT2D eigenvalue weighted by Crippen LogP contribution is -2.25. The van der Waals surface area contributed by atoms with Crippen LogP contribution >= 0.6 is 35.1 Å². The highest BCUT2D eigenvalue weighted by atomic mass is 35.5. The monoisotopic (exact) mass is 686 g/mol. The van der Waals surface area contributed by atoms with Crippen molar-refractivity contribution < 1.29 is 14.7 Å². The number of carbonyl (C=O) groups excluding carboxylic acids is 1. The molecule has 46 heavy (non-hydrogen) atoms. The van der Waals surface area contributed by atoms with Crippen molar-refractivity contribution in [2.45, 2.75) is 116 Å². The summed E-state index contributed by atoms with van der Waals surface area (Å²) in [6, 6.07) is 0. The molecular formula is C32H43ClN8O3S2. The van der Waals surface area contributed by atoms with Gasteiger partial charge in [0.2, 0.25) is 0 Å². The van der Waals surface area contributed by atoms with Gasteiger partial charge in [0.25, 0.3) is 5.91 Å². The first-order chi connectivity index (χ1) is 21.7. The number of aliphatic carboxylic acids is 1. The maximum atomic E-state index is 13.0. The number of carbonyl (C=O) groups is 2. The van der Waals surface area contributed by atoms with E-state index >= 15 is 0 Å². The number of hydrogen-bond donors (Lipinski definition) is 4. The maximum absolute atomic E-state index is 13.0. The van der Waals surface area contributed by atoms with Crippen molar-refractivity contribution in [3.63, 3.8) is 0 Å². The Bertz CT molecular complexity index is 1710. The summed E-state index contributed by atoms with van der Waals surface area (Å²) in [7, 11) is 0. The Labute approximate surface area is 283 Å². The molecule has 6 N–H and O–H groups in total. The molecule has 8 rings (SSSR count). The summed E-state index contributed by atoms with van der Waals surface area (Å²) in [6.07, 6.45) is 14.5. The number of aromatic amines is 1. The van der Waals surface area contributed by atoms with Crippen LogP contribution < -0.4 is 11.5 Å². The second kappa shape index (κ2) is 14.6. The van der Waals surface area contributed by atoms with Gasteiger partial charge in [-0.25, -0.2) is 9.97 Å². The van der Waals surface area contributed by atoms with Crippen molar-refractivity contribution in [2.24, 2.45) is 0 Å². The molecule has 2 unspecified atom stereocenters. The molecule has 0 spiro atoms. The van der Waals surface area contributed by atoms with Crippen molar-refractivity contribution in [2.75, 3.05) is 11.5 Å². The first-order valence-corrected chi connectivity index (χ1v) is 17.7. The molecule has 11 nitrogen and oxygen atoms in total. The van der Waals surface area contributed by atoms with Crippen LogP contribution in [0.15, 0.2) is 0 Å². The molecule has 14 heteroatoms. The molecule has 0 saturated carbocycles. The van der Waals surface area contributed by atoms with Crippen LogP contribution in [0, 0.1) is 13.8 Å². The van der Waals surface area contributed by atoms with E-state index in [1.807, 2.05) is 13.8 Å². The molecular weight excluding hydrogens is 644 g/mol. The molecule has 4 aromatic heterocycles. The number of carboxylic acids is 1. The number of rotatable bonds is 2. The molecule has 4 aromatic rings. The van der Waals surface area contributed by atoms with Gasteiger partial charge in [0.1, 0.15) is 11.6 Å². The molecule has 4 heterocycles. The maximum Gasteiger partial charge on any atom is 0.311 e. The number of carboxylic acid groups (broad SMARTS) is 1. The largest absolute Gasteiger partial charge is 0.481 e. The van der Waals surface area contributed by atoms with Gasteiger partial charge >= 0.3 is 5.97 Å². The van der Waals surface area contributed by atoms with E-state index in [2.05, 4.69) is 25.3 Å². The average molecular weight is 687 g/mol. The Kier molecular flexibility index (Phi) is 10.8. The van der Waals surface area contributed by atoms with Crippen molar-refractivity contribution >= 4 is 58.6 Å². The lowest BCUT2D eigenvalue weighted by Gasteiger charge is -2.20. The van der Waals surface area contributed by atoms with E-state index in [4.69, 9.17) is 16.6 Å². The van der Waals surface area contributed by atoms with Crippen LogP contribution in [-0.4, -0.2) is 46.9 Å². The Balaban J connectivity index is 0.000000148. The number of nitrogens with one attached hydrogen (secondary N) is 1. The molecule has 4 aliphatic carbocycles. The highest BCUT2D eigenvalue weighted by Crippen LogP contribution is 2.38. The van der Waals surface area contributed by atoms with Crippen LogP contribution in [-0.2, 0) is 43.3 Å². The number of fused-ring (bicyclic) bond motifs is 4. The fourth-order valence-electron chi connectivity index (χ4n) is 6.96. The van der Waals surface area contributed by atoms with E-state index in [-0.39, 0.29) is 30.2 Å². The third-order valence-electron chi connectivity index (χ3n) is 9.20. The zero-order valence-corrected chi connectivity index (χ0v) is 28.9. The topological polar surface area (TPSA) is 179 Å². The number of anilines is 2. The predicted octanol–water partition coefficient (Wildman–Crippen LogP) is 6.12. The highest BCUT2D eigenvalue weighted by Gasteiger charge is 2.33. The van der Waals surface area contributed by atoms with E-state index in [1.54, 1.807) is 11.3 Å². The summed E-state index contributed by atoms with van der Waals surface area (Å²) in [5.41, 5.74) is 18.6. The molecule has 0 radical (unpaired) electrons. The second-order valence-electron chi connectivity index (χ2n) is 12.4. The number of hydrogen-bond acceptors (Lipinski definition) is 10. The molecule has 2 atom stereocenters. The minimum Gasteiger partial charge on any atom is -0.481 e. The van der Waals surface area contributed by atoms with E-state index in [0.717, 1.165) is 119 Å². The number of thiazole rings is 2. The van der Waals surface area contributed by atoms with Gasteiger partial charge in [-0.1, -0.05) is 0 Å². The van der Waals surface area contributed by atoms with Gasteiger partial charge in [-0.2, -0.15) is 14.9 Å². The first kappa shape index (κ1) is 34.1. The average Bonchev–Trinajstić information content (AvgIpc) is 3.80. The summed E-state index contributed by atoms with van der Waals surface area (Å²) in [5.74, 6) is 0.164. The SMILES string of the molecule is Cc1nc2c(s1)C(C(=O)O)CCC2.Cc1nc2c(s1)C(C(=O)n1nc3c(c1N)CCCC3)CCC2.Cl.Nc1n[nH]c2c1CCCC2. The van der Waals surface area contributed by atoms with Gasteiger partial charge in [0.15, 0.2) is 0 Å². The Morgan fingerprint density at radius 3 is 1.93 bits per heavy atom. The van der Waals surface area contributed by atoms with Crippen molar-refractivity contribution in [3.8, 4) is 0 Å². The van der Waals surface area contributed by atoms with Gasteiger partial charge in [-0.15, -0.1) is 35.1 Å². The van der Waals surface area contributed by atoms with Crippen LogP contribution in [0.5, 0.6) is 0 Å². The van der Waals surface area contributed by atoms with Crippen molar-refractivity contribution in [1.82, 2.24) is 29.9 Å². The van der Waals surface area contributed by atoms with Crippen LogP contribution in [0.4, 0.5) is 11.6 Å². The minimum absolute atomic E-state index is 0. The smallest absolute Gasteiger partial charge is 0.311 e. The Morgan fingerprint density at radius 2 is 1.33 bits per heavy atom. The van der Waals surface area contributed by atoms with E-state index < -0.39 is 5.97 Å². The zero-order valence-electron chi connectivity index (χ0n) is 26.4. The Morgan fingerprint density at radius 1 is 0.783 bits per heavy atom. The van der Waals surface area contributed by atoms with Crippen molar-refractivity contribution in [3.05, 3.63) is 53.7 Å². The molecule has 248 valence electrons. The molecule has 0 bridgehead atoms. The summed E-state index contributed by atoms with van der Waals surface area (Å²) in [4.78, 5) is 34.9. The van der Waals surface area contributed by atoms with Gasteiger partial charge in [0, 0.05) is 26.6 Å². The minimum atomic E-state index is -0.704. The number of nitrogen functional groups attached to an aromatic ring is 2. The zero-order chi connectivity index (χ0) is 31.7. The van der Waals surface area contributed by atoms with Crippen LogP contribution in [0.3, 0.4) is 0 Å². The van der Waals surface area contributed by atoms with E-state index in [9.17, 15) is 9.59 Å². The quantitative estimate of drug-likeness (QED) is 0.193. The molecule has 4 aliphatic rings. The number of H-pyrrole nitrogens is 1. The normalized spacial score (nSPS) is 19.4. The summed E-state index contributed by atoms with van der Waals surface area (Å²) < 4.78 is 1.48. The number of nitrogens with zero attached hydrogens (tertiary/aromatic N) is 5. The summed E-state index contributed by atoms with van der Waals surface area (Å²) in [5, 5.41) is 22.4. The molecule has 0 amide bonds. The fraction of sp³-hybridized carbons (Fsp3) is 0.562. The number of aryl methyl sites for hydroxylation is 6. The standard InChI is InChI=1S/C16H20N4OS.C9H11NO2S.C7H11N3.ClH/c1-9-18-13-8-4-6-11(14(13)22-9)16(21)20-15(17)10-5-2-3-7-12(10)19-20;1-5-10-7-4-2-3-6(9(11)12)8(7)13-5;8-7-5-3-1-2-4-6(5)9-10-7;/h11H,2-8,17H2,1H3;6H,2-4H2,1H3,(H,11,12);1-4H2,(H3,8,9,10);1H. The van der Waals surface area contributed by atoms with Gasteiger partial charge < -0.3 is 16.6 Å². The predicted molar refractivity (Wildman–Crippen MR) is 183 cm³/mol. The molecule has 0 aliphatic heterocycles. The number of halogens is 1. The Hall–Kier alpha value is -3.29. The highest BCUT2D eigenvalue weighted by molar-refractivity contribution is 7.12. The van der Waals surface area contributed by atoms with Crippen molar-refractivity contribution in [1.29, 1.82) is 0 Å². The van der Waals surface area contributed by atoms with Crippen LogP contribution in [0.25, 0.3) is 0 Å². The van der Waals surface area contributed by atoms with Crippen LogP contribution in [0.2, 0.25) is 0 Å². The van der Waals surface area contributed by atoms with E-state index in [0.29, 0.717) is 11.6 Å². The molecule has 0 fully saturated rings. The van der Waals surface area contributed by atoms with E-state index in [1.165, 1.54) is 40.1 Å². The number of nitrogens with two attached hydrogens (primary N) is 2. The first-order valence-electron chi connectivity index (χ1n) is 16.1. The molecule has 0 saturated heterocycles. The van der Waals surface area contributed by atoms with Crippen LogP contribution in [0.1, 0.15) is 122 Å². The van der Waals surface area contributed by atoms with Gasteiger partial charge in [-0.05, 0) is 104 Å². The second-order valence-corrected chi connectivity index (χ2v) is 14.8. The van der Waals surface area contributed by atoms with Gasteiger partial charge in [-0.3, -0.25) is 14.7 Å². The lowest BCUT2D eigenvalue weighted by atomic mass is 9.91. The number of aromatic nitrogens is 6. The summed E-state index contributed by atoms with van der Waals surface area (Å²) >= 11 is 3.18. The third-order valence-corrected chi connectivity index (χ3v) is 11.5. The third kappa shape index (κ3) is 7.01. The molecule has 0 aromatic carbocycles. The van der Waals surface area contributed by atoms with Gasteiger partial charge in [0.05, 0.1) is 38.9 Å². The lowest BCUT2D eigenvalue weighted by molar-refractivity contribution is -0.139. The fourth-order valence-corrected chi connectivity index (χ4v) is 9.16.